The molecule has 2 heteroatoms. The van der Waals surface area contributed by atoms with Crippen LogP contribution in [-0.2, 0) is 0 Å². The van der Waals surface area contributed by atoms with E-state index in [4.69, 9.17) is 0 Å². The third-order valence-corrected chi connectivity index (χ3v) is 3.57. The largest absolute Gasteiger partial charge is 0.371 e. The van der Waals surface area contributed by atoms with Crippen LogP contribution < -0.4 is 10.2 Å². The summed E-state index contributed by atoms with van der Waals surface area (Å²) in [5, 5.41) is 3.62. The Hall–Kier alpha value is -1.02. The van der Waals surface area contributed by atoms with Gasteiger partial charge in [-0.3, -0.25) is 0 Å². The molecular weight excluding hydrogens is 220 g/mol. The number of aryl methyl sites for hydroxylation is 1. The lowest BCUT2D eigenvalue weighted by Crippen LogP contribution is -2.39. The van der Waals surface area contributed by atoms with E-state index in [1.54, 1.807) is 0 Å². The van der Waals surface area contributed by atoms with E-state index >= 15 is 0 Å². The number of nitrogens with one attached hydrogen (secondary N) is 1. The van der Waals surface area contributed by atoms with Crippen LogP contribution in [-0.4, -0.2) is 25.2 Å². The summed E-state index contributed by atoms with van der Waals surface area (Å²) in [7, 11) is 0. The van der Waals surface area contributed by atoms with Crippen LogP contribution in [0.2, 0.25) is 0 Å². The Morgan fingerprint density at radius 1 is 1.33 bits per heavy atom. The number of anilines is 1. The minimum absolute atomic E-state index is 0.233. The third-order valence-electron chi connectivity index (χ3n) is 3.57. The van der Waals surface area contributed by atoms with Gasteiger partial charge in [0.25, 0.3) is 0 Å². The molecule has 0 bridgehead atoms. The molecule has 1 aromatic carbocycles. The zero-order valence-electron chi connectivity index (χ0n) is 12.2. The summed E-state index contributed by atoms with van der Waals surface area (Å²) in [5.74, 6) is 0.782. The van der Waals surface area contributed by atoms with Gasteiger partial charge in [-0.1, -0.05) is 12.1 Å². The molecule has 1 aliphatic heterocycles. The zero-order valence-corrected chi connectivity index (χ0v) is 12.2. The monoisotopic (exact) mass is 246 g/mol. The molecule has 1 atom stereocenters. The number of nitrogens with zero attached hydrogens (tertiary/aromatic N) is 1. The molecule has 0 saturated carbocycles. The second kappa shape index (κ2) is 5.31. The van der Waals surface area contributed by atoms with Crippen molar-refractivity contribution in [1.82, 2.24) is 5.32 Å². The van der Waals surface area contributed by atoms with Crippen LogP contribution in [0.5, 0.6) is 0 Å². The van der Waals surface area contributed by atoms with Crippen molar-refractivity contribution in [3.63, 3.8) is 0 Å². The van der Waals surface area contributed by atoms with Crippen molar-refractivity contribution in [2.75, 3.05) is 24.5 Å². The van der Waals surface area contributed by atoms with Crippen molar-refractivity contribution in [3.05, 3.63) is 29.8 Å². The zero-order chi connectivity index (χ0) is 13.2. The SMILES string of the molecule is Cc1cccc(N2CCC(CNC(C)(C)C)C2)c1. The topological polar surface area (TPSA) is 15.3 Å². The van der Waals surface area contributed by atoms with Gasteiger partial charge >= 0.3 is 0 Å². The van der Waals surface area contributed by atoms with Gasteiger partial charge in [-0.25, -0.2) is 0 Å². The molecule has 100 valence electrons. The van der Waals surface area contributed by atoms with Crippen LogP contribution in [0, 0.1) is 12.8 Å². The van der Waals surface area contributed by atoms with Crippen LogP contribution in [0.4, 0.5) is 5.69 Å². The molecule has 0 aliphatic carbocycles. The van der Waals surface area contributed by atoms with E-state index in [0.29, 0.717) is 0 Å². The molecule has 1 aliphatic rings. The molecule has 18 heavy (non-hydrogen) atoms. The Labute approximate surface area is 111 Å². The lowest BCUT2D eigenvalue weighted by Gasteiger charge is -2.24. The van der Waals surface area contributed by atoms with Crippen molar-refractivity contribution in [2.24, 2.45) is 5.92 Å². The van der Waals surface area contributed by atoms with Crippen LogP contribution in [0.15, 0.2) is 24.3 Å². The summed E-state index contributed by atoms with van der Waals surface area (Å²) in [6.07, 6.45) is 1.30. The van der Waals surface area contributed by atoms with Crippen LogP contribution in [0.3, 0.4) is 0 Å². The standard InChI is InChI=1S/C16H26N2/c1-13-6-5-7-15(10-13)18-9-8-14(12-18)11-17-16(2,3)4/h5-7,10,14,17H,8-9,11-12H2,1-4H3. The van der Waals surface area contributed by atoms with E-state index in [1.807, 2.05) is 0 Å². The molecule has 0 spiro atoms. The number of hydrogen-bond donors (Lipinski definition) is 1. The van der Waals surface area contributed by atoms with E-state index in [-0.39, 0.29) is 5.54 Å². The molecule has 1 fully saturated rings. The van der Waals surface area contributed by atoms with Gasteiger partial charge in [0.2, 0.25) is 0 Å². The van der Waals surface area contributed by atoms with Crippen LogP contribution in [0.25, 0.3) is 0 Å². The first-order valence-corrected chi connectivity index (χ1v) is 7.01. The average Bonchev–Trinajstić information content (AvgIpc) is 2.74. The van der Waals surface area contributed by atoms with Crippen molar-refractivity contribution < 1.29 is 0 Å². The molecular formula is C16H26N2. The van der Waals surface area contributed by atoms with E-state index in [9.17, 15) is 0 Å². The first-order chi connectivity index (χ1) is 8.44. The summed E-state index contributed by atoms with van der Waals surface area (Å²) < 4.78 is 0. The first kappa shape index (κ1) is 13.4. The van der Waals surface area contributed by atoms with Gasteiger partial charge in [-0.05, 0) is 57.7 Å². The van der Waals surface area contributed by atoms with E-state index in [1.165, 1.54) is 30.8 Å². The van der Waals surface area contributed by atoms with Crippen LogP contribution >= 0.6 is 0 Å². The van der Waals surface area contributed by atoms with Gasteiger partial charge in [0.05, 0.1) is 0 Å². The molecule has 0 radical (unpaired) electrons. The molecule has 0 amide bonds. The fourth-order valence-electron chi connectivity index (χ4n) is 2.51. The fourth-order valence-corrected chi connectivity index (χ4v) is 2.51. The Morgan fingerprint density at radius 2 is 2.11 bits per heavy atom. The summed E-state index contributed by atoms with van der Waals surface area (Å²) >= 11 is 0. The normalized spacial score (nSPS) is 20.4. The summed E-state index contributed by atoms with van der Waals surface area (Å²) in [4.78, 5) is 2.52. The molecule has 1 saturated heterocycles. The van der Waals surface area contributed by atoms with Gasteiger partial charge < -0.3 is 10.2 Å². The minimum atomic E-state index is 0.233. The number of rotatable bonds is 3. The van der Waals surface area contributed by atoms with E-state index < -0.39 is 0 Å². The van der Waals surface area contributed by atoms with Gasteiger partial charge in [-0.2, -0.15) is 0 Å². The smallest absolute Gasteiger partial charge is 0.0368 e. The van der Waals surface area contributed by atoms with Crippen molar-refractivity contribution >= 4 is 5.69 Å². The highest BCUT2D eigenvalue weighted by Gasteiger charge is 2.23. The highest BCUT2D eigenvalue weighted by atomic mass is 15.2. The Kier molecular flexibility index (Phi) is 3.96. The summed E-state index contributed by atoms with van der Waals surface area (Å²) in [5.41, 5.74) is 2.97. The molecule has 0 aromatic heterocycles. The van der Waals surface area contributed by atoms with E-state index in [0.717, 1.165) is 12.5 Å². The number of hydrogen-bond acceptors (Lipinski definition) is 2. The van der Waals surface area contributed by atoms with Gasteiger partial charge in [-0.15, -0.1) is 0 Å². The lowest BCUT2D eigenvalue weighted by molar-refractivity contribution is 0.383. The van der Waals surface area contributed by atoms with Crippen molar-refractivity contribution in [3.8, 4) is 0 Å². The third kappa shape index (κ3) is 3.74. The second-order valence-corrected chi connectivity index (χ2v) is 6.57. The Balaban J connectivity index is 1.89. The van der Waals surface area contributed by atoms with Gasteiger partial charge in [0, 0.05) is 30.9 Å². The van der Waals surface area contributed by atoms with Gasteiger partial charge in [0.1, 0.15) is 0 Å². The first-order valence-electron chi connectivity index (χ1n) is 7.01. The van der Waals surface area contributed by atoms with Crippen molar-refractivity contribution in [1.29, 1.82) is 0 Å². The van der Waals surface area contributed by atoms with E-state index in [2.05, 4.69) is 62.2 Å². The summed E-state index contributed by atoms with van der Waals surface area (Å²) in [6.45, 7) is 12.4. The molecule has 1 unspecified atom stereocenters. The maximum atomic E-state index is 3.62. The lowest BCUT2D eigenvalue weighted by atomic mass is 10.1. The quantitative estimate of drug-likeness (QED) is 0.881. The second-order valence-electron chi connectivity index (χ2n) is 6.57. The molecule has 1 aromatic rings. The minimum Gasteiger partial charge on any atom is -0.371 e. The molecule has 1 N–H and O–H groups in total. The summed E-state index contributed by atoms with van der Waals surface area (Å²) in [6, 6.07) is 8.84. The Bertz CT molecular complexity index is 392. The highest BCUT2D eigenvalue weighted by molar-refractivity contribution is 5.49. The average molecular weight is 246 g/mol. The molecule has 2 nitrogen and oxygen atoms in total. The highest BCUT2D eigenvalue weighted by Crippen LogP contribution is 2.24. The molecule has 2 rings (SSSR count). The van der Waals surface area contributed by atoms with Gasteiger partial charge in [0.15, 0.2) is 0 Å². The predicted octanol–water partition coefficient (Wildman–Crippen LogP) is 3.21. The van der Waals surface area contributed by atoms with Crippen LogP contribution in [0.1, 0.15) is 32.8 Å². The Morgan fingerprint density at radius 3 is 2.78 bits per heavy atom. The van der Waals surface area contributed by atoms with Crippen molar-refractivity contribution in [2.45, 2.75) is 39.7 Å². The maximum absolute atomic E-state index is 3.62. The fraction of sp³-hybridized carbons (Fsp3) is 0.625. The maximum Gasteiger partial charge on any atom is 0.0368 e. The predicted molar refractivity (Wildman–Crippen MR) is 79.3 cm³/mol. The molecule has 1 heterocycles. The number of benzene rings is 1.